The van der Waals surface area contributed by atoms with E-state index in [1.165, 1.54) is 30.1 Å². The van der Waals surface area contributed by atoms with Gasteiger partial charge >= 0.3 is 0 Å². The van der Waals surface area contributed by atoms with E-state index < -0.39 is 11.7 Å². The number of benzene rings is 1. The average molecular weight is 288 g/mol. The predicted molar refractivity (Wildman–Crippen MR) is 71.0 cm³/mol. The zero-order chi connectivity index (χ0) is 14.6. The maximum atomic E-state index is 13.6. The van der Waals surface area contributed by atoms with Crippen molar-refractivity contribution in [2.24, 2.45) is 10.9 Å². The van der Waals surface area contributed by atoms with Gasteiger partial charge in [-0.2, -0.15) is 0 Å². The normalized spacial score (nSPS) is 13.2. The van der Waals surface area contributed by atoms with Crippen molar-refractivity contribution in [1.82, 2.24) is 4.90 Å². The lowest BCUT2D eigenvalue weighted by molar-refractivity contribution is 0.0742. The number of carbonyl (C=O) groups excluding carboxylic acids is 1. The molecule has 0 saturated carbocycles. The molecule has 0 aliphatic carbocycles. The van der Waals surface area contributed by atoms with E-state index in [4.69, 9.17) is 22.5 Å². The summed E-state index contributed by atoms with van der Waals surface area (Å²) in [7, 11) is 1.50. The molecule has 1 aromatic carbocycles. The molecule has 0 bridgehead atoms. The van der Waals surface area contributed by atoms with Crippen LogP contribution < -0.4 is 5.73 Å². The monoisotopic (exact) mass is 287 g/mol. The standard InChI is InChI=1S/C12H15ClFN3O2/c1-7(6-10(15)16-19)17(2)12(18)11-8(13)4-3-5-9(11)14/h3-5,7,19H,6H2,1-2H3,(H2,15,16). The van der Waals surface area contributed by atoms with Gasteiger partial charge in [0.05, 0.1) is 10.6 Å². The summed E-state index contributed by atoms with van der Waals surface area (Å²) < 4.78 is 13.6. The van der Waals surface area contributed by atoms with Crippen LogP contribution in [0, 0.1) is 5.82 Å². The van der Waals surface area contributed by atoms with Gasteiger partial charge in [0, 0.05) is 19.5 Å². The van der Waals surface area contributed by atoms with Gasteiger partial charge in [-0.25, -0.2) is 4.39 Å². The first-order valence-electron chi connectivity index (χ1n) is 5.56. The summed E-state index contributed by atoms with van der Waals surface area (Å²) in [5, 5.41) is 11.4. The second-order valence-corrected chi connectivity index (χ2v) is 4.56. The number of carbonyl (C=O) groups is 1. The van der Waals surface area contributed by atoms with E-state index in [2.05, 4.69) is 5.16 Å². The lowest BCUT2D eigenvalue weighted by Gasteiger charge is -2.25. The van der Waals surface area contributed by atoms with E-state index in [-0.39, 0.29) is 28.9 Å². The number of nitrogens with two attached hydrogens (primary N) is 1. The van der Waals surface area contributed by atoms with Crippen molar-refractivity contribution in [3.05, 3.63) is 34.6 Å². The fourth-order valence-electron chi connectivity index (χ4n) is 1.56. The predicted octanol–water partition coefficient (Wildman–Crippen LogP) is 2.08. The van der Waals surface area contributed by atoms with Crippen molar-refractivity contribution >= 4 is 23.3 Å². The summed E-state index contributed by atoms with van der Waals surface area (Å²) in [6, 6.07) is 3.68. The van der Waals surface area contributed by atoms with E-state index >= 15 is 0 Å². The number of amides is 1. The fraction of sp³-hybridized carbons (Fsp3) is 0.333. The maximum absolute atomic E-state index is 13.6. The van der Waals surface area contributed by atoms with Crippen LogP contribution in [0.3, 0.4) is 0 Å². The number of hydrogen-bond donors (Lipinski definition) is 2. The zero-order valence-electron chi connectivity index (χ0n) is 10.6. The molecule has 0 fully saturated rings. The largest absolute Gasteiger partial charge is 0.409 e. The molecule has 0 heterocycles. The molecule has 1 rings (SSSR count). The van der Waals surface area contributed by atoms with Gasteiger partial charge in [-0.3, -0.25) is 4.79 Å². The molecule has 104 valence electrons. The topological polar surface area (TPSA) is 78.9 Å². The van der Waals surface area contributed by atoms with Gasteiger partial charge in [0.15, 0.2) is 0 Å². The highest BCUT2D eigenvalue weighted by Crippen LogP contribution is 2.21. The molecule has 5 nitrogen and oxygen atoms in total. The third kappa shape index (κ3) is 3.57. The van der Waals surface area contributed by atoms with Crippen LogP contribution in [0.15, 0.2) is 23.4 Å². The molecule has 3 N–H and O–H groups in total. The average Bonchev–Trinajstić information content (AvgIpc) is 2.37. The Bertz CT molecular complexity index is 487. The van der Waals surface area contributed by atoms with Gasteiger partial charge in [-0.15, -0.1) is 0 Å². The van der Waals surface area contributed by atoms with Gasteiger partial charge < -0.3 is 15.8 Å². The number of nitrogens with zero attached hydrogens (tertiary/aromatic N) is 2. The second-order valence-electron chi connectivity index (χ2n) is 4.16. The van der Waals surface area contributed by atoms with E-state index in [1.807, 2.05) is 0 Å². The Balaban J connectivity index is 2.94. The Labute approximate surface area is 115 Å². The van der Waals surface area contributed by atoms with Crippen LogP contribution in [-0.4, -0.2) is 34.9 Å². The van der Waals surface area contributed by atoms with Crippen LogP contribution in [0.2, 0.25) is 5.02 Å². The first-order valence-corrected chi connectivity index (χ1v) is 5.93. The summed E-state index contributed by atoms with van der Waals surface area (Å²) in [4.78, 5) is 13.4. The van der Waals surface area contributed by atoms with Crippen LogP contribution in [0.25, 0.3) is 0 Å². The Morgan fingerprint density at radius 1 is 1.63 bits per heavy atom. The summed E-state index contributed by atoms with van der Waals surface area (Å²) in [5.41, 5.74) is 5.19. The SMILES string of the molecule is CC(CC(N)=NO)N(C)C(=O)c1c(F)cccc1Cl. The molecule has 0 aliphatic heterocycles. The van der Waals surface area contributed by atoms with Gasteiger partial charge in [0.25, 0.3) is 5.91 Å². The van der Waals surface area contributed by atoms with Crippen molar-refractivity contribution in [2.75, 3.05) is 7.05 Å². The molecular weight excluding hydrogens is 273 g/mol. The van der Waals surface area contributed by atoms with Gasteiger partial charge in [0.1, 0.15) is 11.7 Å². The smallest absolute Gasteiger partial charge is 0.258 e. The van der Waals surface area contributed by atoms with Crippen LogP contribution in [0.4, 0.5) is 4.39 Å². The number of halogens is 2. The first kappa shape index (κ1) is 15.2. The van der Waals surface area contributed by atoms with Crippen molar-refractivity contribution in [3.8, 4) is 0 Å². The minimum Gasteiger partial charge on any atom is -0.409 e. The van der Waals surface area contributed by atoms with E-state index in [0.717, 1.165) is 0 Å². The molecule has 7 heteroatoms. The molecule has 1 unspecified atom stereocenters. The summed E-state index contributed by atoms with van der Waals surface area (Å²) in [5.74, 6) is -1.24. The Morgan fingerprint density at radius 3 is 2.79 bits per heavy atom. The highest BCUT2D eigenvalue weighted by molar-refractivity contribution is 6.33. The summed E-state index contributed by atoms with van der Waals surface area (Å²) in [6.45, 7) is 1.70. The number of rotatable bonds is 4. The van der Waals surface area contributed by atoms with Crippen molar-refractivity contribution in [1.29, 1.82) is 0 Å². The van der Waals surface area contributed by atoms with Gasteiger partial charge in [-0.1, -0.05) is 22.8 Å². The fourth-order valence-corrected chi connectivity index (χ4v) is 1.80. The highest BCUT2D eigenvalue weighted by Gasteiger charge is 2.23. The van der Waals surface area contributed by atoms with E-state index in [1.54, 1.807) is 6.92 Å². The lowest BCUT2D eigenvalue weighted by atomic mass is 10.1. The minimum atomic E-state index is -0.680. The highest BCUT2D eigenvalue weighted by atomic mass is 35.5. The lowest BCUT2D eigenvalue weighted by Crippen LogP contribution is -2.38. The van der Waals surface area contributed by atoms with Crippen LogP contribution in [0.1, 0.15) is 23.7 Å². The van der Waals surface area contributed by atoms with Gasteiger partial charge in [-0.05, 0) is 19.1 Å². The van der Waals surface area contributed by atoms with Gasteiger partial charge in [0.2, 0.25) is 0 Å². The van der Waals surface area contributed by atoms with Crippen molar-refractivity contribution in [3.63, 3.8) is 0 Å². The molecule has 0 radical (unpaired) electrons. The van der Waals surface area contributed by atoms with Crippen molar-refractivity contribution in [2.45, 2.75) is 19.4 Å². The third-order valence-electron chi connectivity index (χ3n) is 2.79. The number of amidine groups is 1. The summed E-state index contributed by atoms with van der Waals surface area (Å²) in [6.07, 6.45) is 0.171. The number of hydrogen-bond acceptors (Lipinski definition) is 3. The summed E-state index contributed by atoms with van der Waals surface area (Å²) >= 11 is 5.83. The zero-order valence-corrected chi connectivity index (χ0v) is 11.4. The van der Waals surface area contributed by atoms with Crippen LogP contribution in [-0.2, 0) is 0 Å². The minimum absolute atomic E-state index is 0.00761. The van der Waals surface area contributed by atoms with Crippen molar-refractivity contribution < 1.29 is 14.4 Å². The first-order chi connectivity index (χ1) is 8.88. The Morgan fingerprint density at radius 2 is 2.26 bits per heavy atom. The molecule has 1 aromatic rings. The molecule has 1 atom stereocenters. The molecule has 0 spiro atoms. The Kier molecular flexibility index (Phi) is 5.11. The molecular formula is C12H15ClFN3O2. The Hall–Kier alpha value is -1.82. The molecule has 0 aliphatic rings. The van der Waals surface area contributed by atoms with E-state index in [0.29, 0.717) is 0 Å². The maximum Gasteiger partial charge on any atom is 0.258 e. The second kappa shape index (κ2) is 6.38. The molecule has 1 amide bonds. The quantitative estimate of drug-likeness (QED) is 0.385. The third-order valence-corrected chi connectivity index (χ3v) is 3.11. The molecule has 0 aromatic heterocycles. The molecule has 0 saturated heterocycles. The number of oxime groups is 1. The molecule has 19 heavy (non-hydrogen) atoms. The van der Waals surface area contributed by atoms with Crippen LogP contribution >= 0.6 is 11.6 Å². The van der Waals surface area contributed by atoms with E-state index in [9.17, 15) is 9.18 Å². The van der Waals surface area contributed by atoms with Crippen LogP contribution in [0.5, 0.6) is 0 Å².